The molecule has 0 bridgehead atoms. The number of hydrogen-bond donors (Lipinski definition) is 0. The molecule has 0 radical (unpaired) electrons. The summed E-state index contributed by atoms with van der Waals surface area (Å²) >= 11 is 10.8. The first-order valence-corrected chi connectivity index (χ1v) is 22.3. The van der Waals surface area contributed by atoms with Gasteiger partial charge in [-0.3, -0.25) is 0 Å². The Balaban J connectivity index is 0.00000232. The molecule has 0 aliphatic heterocycles. The van der Waals surface area contributed by atoms with Crippen LogP contribution in [0.25, 0.3) is 32.7 Å². The van der Waals surface area contributed by atoms with Crippen LogP contribution in [-0.4, -0.2) is 3.21 Å². The predicted molar refractivity (Wildman–Crippen MR) is 215 cm³/mol. The quantitative estimate of drug-likeness (QED) is 0.181. The van der Waals surface area contributed by atoms with E-state index in [-0.39, 0.29) is 35.6 Å². The second-order valence-electron chi connectivity index (χ2n) is 15.9. The Labute approximate surface area is 338 Å². The van der Waals surface area contributed by atoms with Gasteiger partial charge < -0.3 is 24.8 Å². The molecule has 262 valence electrons. The molecule has 2 aliphatic carbocycles. The largest absolute Gasteiger partial charge is 1.00 e. The van der Waals surface area contributed by atoms with Gasteiger partial charge in [0, 0.05) is 0 Å². The van der Waals surface area contributed by atoms with Crippen molar-refractivity contribution >= 4 is 51.2 Å². The number of halogens is 4. The van der Waals surface area contributed by atoms with Crippen molar-refractivity contribution in [1.29, 1.82) is 0 Å². The maximum Gasteiger partial charge on any atom is -1.00 e. The van der Waals surface area contributed by atoms with E-state index in [0.29, 0.717) is 3.63 Å². The second-order valence-corrected chi connectivity index (χ2v) is 22.9. The zero-order chi connectivity index (χ0) is 34.9. The van der Waals surface area contributed by atoms with Crippen molar-refractivity contribution in [3.05, 3.63) is 171 Å². The van der Waals surface area contributed by atoms with Gasteiger partial charge in [0.05, 0.1) is 0 Å². The molecule has 6 aromatic rings. The van der Waals surface area contributed by atoms with E-state index >= 15 is 0 Å². The summed E-state index contributed by atoms with van der Waals surface area (Å²) in [6.07, 6.45) is 10.5. The minimum Gasteiger partial charge on any atom is -1.00 e. The minimum atomic E-state index is -3.07. The first kappa shape index (κ1) is 38.9. The van der Waals surface area contributed by atoms with Gasteiger partial charge in [-0.1, -0.05) is 0 Å². The molecule has 0 aromatic heterocycles. The third-order valence-electron chi connectivity index (χ3n) is 10.6. The average molecular weight is 840 g/mol. The van der Waals surface area contributed by atoms with Crippen molar-refractivity contribution in [2.75, 3.05) is 0 Å². The molecule has 52 heavy (non-hydrogen) atoms. The third kappa shape index (κ3) is 6.76. The topological polar surface area (TPSA) is 0 Å². The molecular weight excluding hydrogens is 798 g/mol. The fourth-order valence-corrected chi connectivity index (χ4v) is 18.1. The normalized spacial score (nSPS) is 13.4. The Morgan fingerprint density at radius 1 is 0.596 bits per heavy atom. The number of hydrogen-bond acceptors (Lipinski definition) is 0. The Morgan fingerprint density at radius 3 is 1.65 bits per heavy atom. The van der Waals surface area contributed by atoms with Crippen LogP contribution >= 0.6 is 23.2 Å². The van der Waals surface area contributed by atoms with Gasteiger partial charge in [-0.2, -0.15) is 0 Å². The Morgan fingerprint density at radius 2 is 1.12 bits per heavy atom. The Hall–Kier alpha value is -2.77. The summed E-state index contributed by atoms with van der Waals surface area (Å²) in [5.74, 6) is 0. The van der Waals surface area contributed by atoms with Crippen LogP contribution in [0.1, 0.15) is 74.9 Å². The van der Waals surface area contributed by atoms with Crippen LogP contribution in [0.2, 0.25) is 13.7 Å². The van der Waals surface area contributed by atoms with Gasteiger partial charge in [0.2, 0.25) is 0 Å². The van der Waals surface area contributed by atoms with E-state index in [1.165, 1.54) is 58.5 Å². The zero-order valence-corrected chi connectivity index (χ0v) is 35.9. The van der Waals surface area contributed by atoms with Gasteiger partial charge in [-0.15, -0.1) is 0 Å². The molecule has 0 N–H and O–H groups in total. The summed E-state index contributed by atoms with van der Waals surface area (Å²) in [6, 6.07) is 38.3. The van der Waals surface area contributed by atoms with E-state index in [9.17, 15) is 0 Å². The summed E-state index contributed by atoms with van der Waals surface area (Å²) < 4.78 is 3.48. The van der Waals surface area contributed by atoms with Crippen molar-refractivity contribution in [1.82, 2.24) is 0 Å². The van der Waals surface area contributed by atoms with Crippen molar-refractivity contribution in [3.63, 3.8) is 0 Å². The summed E-state index contributed by atoms with van der Waals surface area (Å²) in [4.78, 5) is 0. The predicted octanol–water partition coefficient (Wildman–Crippen LogP) is 6.90. The molecule has 2 aliphatic rings. The second kappa shape index (κ2) is 14.8. The molecule has 0 unspecified atom stereocenters. The summed E-state index contributed by atoms with van der Waals surface area (Å²) in [7, 11) is 0. The van der Waals surface area contributed by atoms with Gasteiger partial charge in [0.1, 0.15) is 0 Å². The van der Waals surface area contributed by atoms with Gasteiger partial charge in [-0.05, 0) is 0 Å². The van der Waals surface area contributed by atoms with Gasteiger partial charge in [0.25, 0.3) is 0 Å². The van der Waals surface area contributed by atoms with E-state index in [2.05, 4.69) is 157 Å². The van der Waals surface area contributed by atoms with Gasteiger partial charge in [0.15, 0.2) is 0 Å². The summed E-state index contributed by atoms with van der Waals surface area (Å²) in [5, 5.41) is 6.19. The van der Waals surface area contributed by atoms with Crippen molar-refractivity contribution in [2.45, 2.75) is 62.4 Å². The van der Waals surface area contributed by atoms with E-state index in [0.717, 1.165) is 27.2 Å². The van der Waals surface area contributed by atoms with E-state index in [1.54, 1.807) is 3.27 Å². The number of benzene rings is 6. The SMILES string of the molecule is CC(C)(C)c1ccc2c(c1)Cc1c-2ccc(C(C)(C)C)[c]1[Zr+2](=[C](c1cccc2c(Cl)cccc12)c1cccc2c(Cl)cccc12)[CH]1C=CC=C1.[Cl-].[Cl-]. The molecule has 6 aromatic carbocycles. The van der Waals surface area contributed by atoms with Crippen LogP contribution in [0.15, 0.2) is 127 Å². The van der Waals surface area contributed by atoms with Crippen LogP contribution < -0.4 is 28.1 Å². The van der Waals surface area contributed by atoms with Gasteiger partial charge >= 0.3 is 317 Å². The molecule has 0 nitrogen and oxygen atoms in total. The summed E-state index contributed by atoms with van der Waals surface area (Å²) in [5.41, 5.74) is 11.3. The standard InChI is InChI=1S/C21H12Cl2.C21H25.C5H5.2ClH.Zr/c22-20-11-3-7-16-14(5-1-9-18(16)20)13-15-6-2-10-19-17(15)8-4-12-21(19)23;1-20(2,3)16-7-9-18-14(12-16)11-15-13-17(21(4,5)6)8-10-19(15)18;1-2-4-5-3-1;;;/h1-12H;7-10,12H,11H2,1-6H3;1-5H;2*1H;/q;;;;;+2/p-2. The molecule has 0 amide bonds. The molecule has 0 heterocycles. The van der Waals surface area contributed by atoms with Gasteiger partial charge in [-0.25, -0.2) is 0 Å². The monoisotopic (exact) mass is 836 g/mol. The van der Waals surface area contributed by atoms with Crippen LogP contribution in [0.5, 0.6) is 0 Å². The summed E-state index contributed by atoms with van der Waals surface area (Å²) in [6.45, 7) is 14.1. The van der Waals surface area contributed by atoms with Crippen LogP contribution in [0.3, 0.4) is 0 Å². The van der Waals surface area contributed by atoms with Crippen molar-refractivity contribution < 1.29 is 46.1 Å². The van der Waals surface area contributed by atoms with E-state index < -0.39 is 21.3 Å². The average Bonchev–Trinajstić information content (AvgIpc) is 3.75. The number of rotatable bonds is 4. The molecule has 8 rings (SSSR count). The number of fused-ring (bicyclic) bond motifs is 5. The maximum atomic E-state index is 6.94. The van der Waals surface area contributed by atoms with Crippen LogP contribution in [0, 0.1) is 0 Å². The molecule has 5 heteroatoms. The fourth-order valence-electron chi connectivity index (χ4n) is 8.17. The Kier molecular flexibility index (Phi) is 11.1. The molecule has 0 atom stereocenters. The molecule has 0 fully saturated rings. The molecular formula is C47H42Cl4Zr. The first-order chi connectivity index (χ1) is 23.9. The Bertz CT molecular complexity index is 2350. The smallest absolute Gasteiger partial charge is 1.00 e. The fraction of sp³-hybridized carbons (Fsp3) is 0.213. The third-order valence-corrected chi connectivity index (χ3v) is 19.3. The van der Waals surface area contributed by atoms with E-state index in [4.69, 9.17) is 23.2 Å². The van der Waals surface area contributed by atoms with E-state index in [1.807, 2.05) is 12.1 Å². The number of allylic oxidation sites excluding steroid dienone is 4. The van der Waals surface area contributed by atoms with Crippen molar-refractivity contribution in [2.24, 2.45) is 0 Å². The molecule has 0 saturated heterocycles. The van der Waals surface area contributed by atoms with Crippen LogP contribution in [0.4, 0.5) is 0 Å². The molecule has 0 spiro atoms. The zero-order valence-electron chi connectivity index (χ0n) is 30.4. The minimum absolute atomic E-state index is 0. The maximum absolute atomic E-state index is 6.94. The van der Waals surface area contributed by atoms with Crippen LogP contribution in [-0.2, 0) is 38.5 Å². The molecule has 0 saturated carbocycles. The first-order valence-electron chi connectivity index (χ1n) is 17.7. The van der Waals surface area contributed by atoms with Crippen molar-refractivity contribution in [3.8, 4) is 11.1 Å².